The summed E-state index contributed by atoms with van der Waals surface area (Å²) in [6.45, 7) is 1.60. The quantitative estimate of drug-likeness (QED) is 0.527. The second-order valence-corrected chi connectivity index (χ2v) is 3.16. The van der Waals surface area contributed by atoms with Crippen molar-refractivity contribution in [3.05, 3.63) is 50.4 Å². The van der Waals surface area contributed by atoms with Crippen molar-refractivity contribution >= 4 is 16.7 Å². The third-order valence-electron chi connectivity index (χ3n) is 2.15. The SMILES string of the molecule is Cc1coc2c([N+](=O)[O-])cccc2c1=O. The average Bonchev–Trinajstić information content (AvgIpc) is 2.23. The zero-order valence-corrected chi connectivity index (χ0v) is 7.89. The van der Waals surface area contributed by atoms with Crippen LogP contribution in [0.5, 0.6) is 0 Å². The lowest BCUT2D eigenvalue weighted by Crippen LogP contribution is -2.05. The number of non-ortho nitro benzene ring substituents is 1. The maximum Gasteiger partial charge on any atom is 0.312 e. The van der Waals surface area contributed by atoms with Gasteiger partial charge in [0.25, 0.3) is 0 Å². The van der Waals surface area contributed by atoms with Crippen LogP contribution in [-0.4, -0.2) is 4.92 Å². The molecule has 0 bridgehead atoms. The van der Waals surface area contributed by atoms with Crippen LogP contribution >= 0.6 is 0 Å². The van der Waals surface area contributed by atoms with Gasteiger partial charge in [0.15, 0.2) is 5.43 Å². The van der Waals surface area contributed by atoms with E-state index in [1.807, 2.05) is 0 Å². The highest BCUT2D eigenvalue weighted by molar-refractivity contribution is 5.85. The van der Waals surface area contributed by atoms with Gasteiger partial charge in [-0.05, 0) is 13.0 Å². The van der Waals surface area contributed by atoms with Gasteiger partial charge in [0.1, 0.15) is 0 Å². The van der Waals surface area contributed by atoms with E-state index in [-0.39, 0.29) is 22.1 Å². The van der Waals surface area contributed by atoms with E-state index in [0.29, 0.717) is 5.56 Å². The molecule has 76 valence electrons. The first-order valence-electron chi connectivity index (χ1n) is 4.27. The van der Waals surface area contributed by atoms with Gasteiger partial charge in [0.05, 0.1) is 16.6 Å². The predicted molar refractivity (Wildman–Crippen MR) is 53.9 cm³/mol. The highest BCUT2D eigenvalue weighted by Gasteiger charge is 2.15. The zero-order valence-electron chi connectivity index (χ0n) is 7.89. The number of rotatable bonds is 1. The minimum atomic E-state index is -0.569. The number of nitrogens with zero attached hydrogens (tertiary/aromatic N) is 1. The van der Waals surface area contributed by atoms with Gasteiger partial charge in [0, 0.05) is 11.6 Å². The minimum absolute atomic E-state index is 0.0260. The molecule has 0 aliphatic rings. The predicted octanol–water partition coefficient (Wildman–Crippen LogP) is 2.01. The van der Waals surface area contributed by atoms with Gasteiger partial charge in [0.2, 0.25) is 5.58 Å². The molecule has 0 spiro atoms. The van der Waals surface area contributed by atoms with Gasteiger partial charge >= 0.3 is 5.69 Å². The van der Waals surface area contributed by atoms with E-state index in [4.69, 9.17) is 4.42 Å². The standard InChI is InChI=1S/C10H7NO4/c1-6-5-15-10-7(9(6)12)3-2-4-8(10)11(13)14/h2-5H,1H3. The lowest BCUT2D eigenvalue weighted by Gasteiger charge is -1.98. The van der Waals surface area contributed by atoms with E-state index in [1.165, 1.54) is 24.5 Å². The van der Waals surface area contributed by atoms with Crippen LogP contribution in [0.2, 0.25) is 0 Å². The summed E-state index contributed by atoms with van der Waals surface area (Å²) in [4.78, 5) is 21.7. The Morgan fingerprint density at radius 1 is 1.40 bits per heavy atom. The van der Waals surface area contributed by atoms with Crippen LogP contribution in [0.1, 0.15) is 5.56 Å². The van der Waals surface area contributed by atoms with Crippen molar-refractivity contribution in [3.8, 4) is 0 Å². The molecular formula is C10H7NO4. The monoisotopic (exact) mass is 205 g/mol. The summed E-state index contributed by atoms with van der Waals surface area (Å²) in [5, 5.41) is 10.9. The highest BCUT2D eigenvalue weighted by atomic mass is 16.6. The number of para-hydroxylation sites is 1. The number of nitro groups is 1. The Hall–Kier alpha value is -2.17. The second kappa shape index (κ2) is 3.20. The van der Waals surface area contributed by atoms with Crippen LogP contribution in [0.4, 0.5) is 5.69 Å². The van der Waals surface area contributed by atoms with E-state index in [2.05, 4.69) is 0 Å². The molecule has 0 saturated carbocycles. The highest BCUT2D eigenvalue weighted by Crippen LogP contribution is 2.23. The molecule has 1 aromatic carbocycles. The molecular weight excluding hydrogens is 198 g/mol. The summed E-state index contributed by atoms with van der Waals surface area (Å²) in [5.41, 5.74) is 0.0330. The molecule has 1 aromatic heterocycles. The van der Waals surface area contributed by atoms with E-state index in [9.17, 15) is 14.9 Å². The number of aryl methyl sites for hydroxylation is 1. The molecule has 0 aliphatic heterocycles. The number of nitro benzene ring substituents is 1. The molecule has 0 saturated heterocycles. The summed E-state index contributed by atoms with van der Waals surface area (Å²) in [5.74, 6) is 0. The molecule has 2 aromatic rings. The summed E-state index contributed by atoms with van der Waals surface area (Å²) in [6, 6.07) is 4.29. The van der Waals surface area contributed by atoms with Gasteiger partial charge in [-0.15, -0.1) is 0 Å². The van der Waals surface area contributed by atoms with Crippen molar-refractivity contribution in [2.24, 2.45) is 0 Å². The van der Waals surface area contributed by atoms with Gasteiger partial charge in [-0.3, -0.25) is 14.9 Å². The lowest BCUT2D eigenvalue weighted by atomic mass is 10.1. The Bertz CT molecular complexity index is 600. The van der Waals surface area contributed by atoms with Gasteiger partial charge in [-0.2, -0.15) is 0 Å². The Labute approximate surface area is 84.1 Å². The first kappa shape index (κ1) is 9.39. The molecule has 0 radical (unpaired) electrons. The first-order valence-corrected chi connectivity index (χ1v) is 4.27. The Morgan fingerprint density at radius 3 is 2.80 bits per heavy atom. The van der Waals surface area contributed by atoms with Crippen molar-refractivity contribution < 1.29 is 9.34 Å². The molecule has 5 nitrogen and oxygen atoms in total. The van der Waals surface area contributed by atoms with Crippen molar-refractivity contribution in [1.29, 1.82) is 0 Å². The van der Waals surface area contributed by atoms with Crippen molar-refractivity contribution in [2.45, 2.75) is 6.92 Å². The lowest BCUT2D eigenvalue weighted by molar-refractivity contribution is -0.383. The fourth-order valence-corrected chi connectivity index (χ4v) is 1.38. The number of fused-ring (bicyclic) bond motifs is 1. The summed E-state index contributed by atoms with van der Waals surface area (Å²) in [6.07, 6.45) is 1.23. The van der Waals surface area contributed by atoms with E-state index in [0.717, 1.165) is 0 Å². The van der Waals surface area contributed by atoms with Crippen LogP contribution in [-0.2, 0) is 0 Å². The fraction of sp³-hybridized carbons (Fsp3) is 0.100. The van der Waals surface area contributed by atoms with Crippen LogP contribution in [0.3, 0.4) is 0 Å². The van der Waals surface area contributed by atoms with Crippen LogP contribution in [0.15, 0.2) is 33.7 Å². The van der Waals surface area contributed by atoms with Crippen LogP contribution in [0, 0.1) is 17.0 Å². The minimum Gasteiger partial charge on any atom is -0.457 e. The van der Waals surface area contributed by atoms with E-state index >= 15 is 0 Å². The van der Waals surface area contributed by atoms with Gasteiger partial charge in [-0.25, -0.2) is 0 Å². The molecule has 0 aliphatic carbocycles. The Morgan fingerprint density at radius 2 is 2.13 bits per heavy atom. The van der Waals surface area contributed by atoms with E-state index in [1.54, 1.807) is 6.92 Å². The molecule has 1 heterocycles. The molecule has 2 rings (SSSR count). The van der Waals surface area contributed by atoms with Crippen molar-refractivity contribution in [3.63, 3.8) is 0 Å². The molecule has 0 unspecified atom stereocenters. The normalized spacial score (nSPS) is 10.5. The maximum absolute atomic E-state index is 11.6. The number of hydrogen-bond acceptors (Lipinski definition) is 4. The zero-order chi connectivity index (χ0) is 11.0. The molecule has 0 atom stereocenters. The Kier molecular flexibility index (Phi) is 2.00. The van der Waals surface area contributed by atoms with Crippen LogP contribution in [0.25, 0.3) is 11.0 Å². The summed E-state index contributed by atoms with van der Waals surface area (Å²) in [7, 11) is 0. The average molecular weight is 205 g/mol. The number of benzene rings is 1. The van der Waals surface area contributed by atoms with Gasteiger partial charge < -0.3 is 4.42 Å². The maximum atomic E-state index is 11.6. The van der Waals surface area contributed by atoms with E-state index < -0.39 is 4.92 Å². The molecule has 0 N–H and O–H groups in total. The fourth-order valence-electron chi connectivity index (χ4n) is 1.38. The second-order valence-electron chi connectivity index (χ2n) is 3.16. The van der Waals surface area contributed by atoms with Crippen molar-refractivity contribution in [2.75, 3.05) is 0 Å². The third-order valence-corrected chi connectivity index (χ3v) is 2.15. The van der Waals surface area contributed by atoms with Gasteiger partial charge in [-0.1, -0.05) is 6.07 Å². The van der Waals surface area contributed by atoms with Crippen molar-refractivity contribution in [1.82, 2.24) is 0 Å². The molecule has 0 amide bonds. The third kappa shape index (κ3) is 1.38. The first-order chi connectivity index (χ1) is 7.11. The molecule has 0 fully saturated rings. The largest absolute Gasteiger partial charge is 0.457 e. The molecule has 15 heavy (non-hydrogen) atoms. The smallest absolute Gasteiger partial charge is 0.312 e. The topological polar surface area (TPSA) is 73.3 Å². The summed E-state index contributed by atoms with van der Waals surface area (Å²) < 4.78 is 5.07. The van der Waals surface area contributed by atoms with Crippen LogP contribution < -0.4 is 5.43 Å². The summed E-state index contributed by atoms with van der Waals surface area (Å²) >= 11 is 0. The molecule has 5 heteroatoms. The Balaban J connectivity index is 2.96. The number of hydrogen-bond donors (Lipinski definition) is 0.